The van der Waals surface area contributed by atoms with E-state index in [9.17, 15) is 18.0 Å². The fourth-order valence-electron chi connectivity index (χ4n) is 5.00. The predicted octanol–water partition coefficient (Wildman–Crippen LogP) is 0.874. The van der Waals surface area contributed by atoms with Crippen LogP contribution in [0, 0.1) is 0 Å². The number of aryl methyl sites for hydroxylation is 1. The standard InChI is InChI=1S/C22H29N7O4S/c1-22(2)13-15-14-29(22)20-16(6-7-17(24-20)28-11-3-5-19(28)30)21(31)26-34(32,33)18-8-12-27(25-18)10-4-9-23-15/h6-8,12,15,23H,3-5,9-11,13-14H2,1-2H3,(H,26,31). The molecule has 2 aromatic heterocycles. The van der Waals surface area contributed by atoms with Crippen molar-refractivity contribution in [1.29, 1.82) is 0 Å². The molecule has 2 fully saturated rings. The number of amides is 2. The SMILES string of the molecule is CC1(C)CC2CN1c1nc(N3CCCC3=O)ccc1C(=O)NS(=O)(=O)c1ccn(n1)CCCN2. The van der Waals surface area contributed by atoms with Gasteiger partial charge in [-0.05, 0) is 57.9 Å². The second-order valence-electron chi connectivity index (χ2n) is 9.67. The Bertz CT molecular complexity index is 1240. The highest BCUT2D eigenvalue weighted by atomic mass is 32.2. The number of carbonyl (C=O) groups is 2. The molecule has 1 atom stereocenters. The van der Waals surface area contributed by atoms with Crippen molar-refractivity contribution in [1.82, 2.24) is 24.8 Å². The van der Waals surface area contributed by atoms with Gasteiger partial charge in [-0.15, -0.1) is 0 Å². The van der Waals surface area contributed by atoms with Crippen molar-refractivity contribution in [2.45, 2.75) is 62.7 Å². The van der Waals surface area contributed by atoms with Gasteiger partial charge >= 0.3 is 0 Å². The van der Waals surface area contributed by atoms with E-state index < -0.39 is 15.9 Å². The van der Waals surface area contributed by atoms with E-state index in [-0.39, 0.29) is 28.1 Å². The molecule has 12 heteroatoms. The Hall–Kier alpha value is -2.99. The highest BCUT2D eigenvalue weighted by Gasteiger charge is 2.41. The number of nitrogens with zero attached hydrogens (tertiary/aromatic N) is 5. The average molecular weight is 488 g/mol. The summed E-state index contributed by atoms with van der Waals surface area (Å²) in [5, 5.41) is 7.49. The zero-order valence-corrected chi connectivity index (χ0v) is 20.1. The lowest BCUT2D eigenvalue weighted by Gasteiger charge is -2.34. The Morgan fingerprint density at radius 3 is 2.71 bits per heavy atom. The average Bonchev–Trinajstić information content (AvgIpc) is 3.48. The van der Waals surface area contributed by atoms with E-state index in [4.69, 9.17) is 4.98 Å². The summed E-state index contributed by atoms with van der Waals surface area (Å²) in [5.74, 6) is 0.0613. The minimum absolute atomic E-state index is 0.00701. The third-order valence-electron chi connectivity index (χ3n) is 6.71. The summed E-state index contributed by atoms with van der Waals surface area (Å²) in [5.41, 5.74) is -0.195. The topological polar surface area (TPSA) is 130 Å². The lowest BCUT2D eigenvalue weighted by atomic mass is 9.99. The molecule has 0 aromatic carbocycles. The number of nitrogens with one attached hydrogen (secondary N) is 2. The van der Waals surface area contributed by atoms with Crippen LogP contribution in [0.5, 0.6) is 0 Å². The molecule has 0 aliphatic carbocycles. The zero-order chi connectivity index (χ0) is 24.1. The van der Waals surface area contributed by atoms with Gasteiger partial charge in [0.15, 0.2) is 5.03 Å². The number of hydrogen-bond donors (Lipinski definition) is 2. The molecule has 3 aliphatic heterocycles. The van der Waals surface area contributed by atoms with E-state index in [1.165, 1.54) is 6.07 Å². The molecule has 182 valence electrons. The van der Waals surface area contributed by atoms with Crippen molar-refractivity contribution >= 4 is 33.5 Å². The summed E-state index contributed by atoms with van der Waals surface area (Å²) >= 11 is 0. The van der Waals surface area contributed by atoms with Crippen molar-refractivity contribution in [2.75, 3.05) is 29.4 Å². The van der Waals surface area contributed by atoms with E-state index in [1.807, 2.05) is 4.90 Å². The zero-order valence-electron chi connectivity index (χ0n) is 19.3. The third kappa shape index (κ3) is 4.16. The highest BCUT2D eigenvalue weighted by Crippen LogP contribution is 2.36. The van der Waals surface area contributed by atoms with E-state index in [1.54, 1.807) is 27.9 Å². The number of aromatic nitrogens is 3. The molecule has 2 N–H and O–H groups in total. The summed E-state index contributed by atoms with van der Waals surface area (Å²) < 4.78 is 29.5. The molecule has 1 unspecified atom stereocenters. The Morgan fingerprint density at radius 2 is 1.94 bits per heavy atom. The first-order chi connectivity index (χ1) is 16.1. The summed E-state index contributed by atoms with van der Waals surface area (Å²) in [4.78, 5) is 34.0. The molecule has 2 saturated heterocycles. The number of anilines is 2. The maximum Gasteiger partial charge on any atom is 0.283 e. The van der Waals surface area contributed by atoms with Crippen LogP contribution in [0.1, 0.15) is 49.9 Å². The van der Waals surface area contributed by atoms with Crippen LogP contribution < -0.4 is 19.8 Å². The first-order valence-electron chi connectivity index (χ1n) is 11.6. The van der Waals surface area contributed by atoms with Crippen molar-refractivity contribution < 1.29 is 18.0 Å². The normalized spacial score (nSPS) is 24.4. The first kappa shape index (κ1) is 22.8. The Labute approximate surface area is 198 Å². The van der Waals surface area contributed by atoms with Gasteiger partial charge in [-0.25, -0.2) is 9.71 Å². The molecule has 11 nitrogen and oxygen atoms in total. The van der Waals surface area contributed by atoms with Crippen LogP contribution >= 0.6 is 0 Å². The molecular weight excluding hydrogens is 458 g/mol. The maximum atomic E-state index is 13.3. The van der Waals surface area contributed by atoms with Crippen LogP contribution in [0.2, 0.25) is 0 Å². The van der Waals surface area contributed by atoms with Crippen LogP contribution in [0.15, 0.2) is 29.4 Å². The van der Waals surface area contributed by atoms with Crippen LogP contribution in [0.3, 0.4) is 0 Å². The van der Waals surface area contributed by atoms with E-state index in [2.05, 4.69) is 29.0 Å². The van der Waals surface area contributed by atoms with Gasteiger partial charge in [0.2, 0.25) is 5.91 Å². The van der Waals surface area contributed by atoms with Crippen LogP contribution in [0.4, 0.5) is 11.6 Å². The number of carbonyl (C=O) groups excluding carboxylic acids is 2. The summed E-state index contributed by atoms with van der Waals surface area (Å²) in [6, 6.07) is 4.72. The van der Waals surface area contributed by atoms with Gasteiger partial charge in [0.25, 0.3) is 15.9 Å². The minimum atomic E-state index is -4.16. The van der Waals surface area contributed by atoms with Gasteiger partial charge in [-0.1, -0.05) is 0 Å². The van der Waals surface area contributed by atoms with Crippen molar-refractivity contribution in [3.63, 3.8) is 0 Å². The molecule has 2 amide bonds. The van der Waals surface area contributed by atoms with Gasteiger partial charge in [0.05, 0.1) is 5.56 Å². The molecule has 34 heavy (non-hydrogen) atoms. The fraction of sp³-hybridized carbons (Fsp3) is 0.545. The molecule has 5 rings (SSSR count). The monoisotopic (exact) mass is 487 g/mol. The molecular formula is C22H29N7O4S. The second kappa shape index (κ2) is 8.35. The van der Waals surface area contributed by atoms with Crippen LogP contribution in [-0.2, 0) is 21.4 Å². The highest BCUT2D eigenvalue weighted by molar-refractivity contribution is 7.90. The van der Waals surface area contributed by atoms with E-state index in [0.29, 0.717) is 37.7 Å². The molecule has 4 bridgehead atoms. The van der Waals surface area contributed by atoms with Gasteiger partial charge in [-0.3, -0.25) is 19.2 Å². The van der Waals surface area contributed by atoms with Crippen LogP contribution in [-0.4, -0.2) is 66.2 Å². The predicted molar refractivity (Wildman–Crippen MR) is 125 cm³/mol. The Balaban J connectivity index is 1.59. The fourth-order valence-corrected chi connectivity index (χ4v) is 5.92. The second-order valence-corrected chi connectivity index (χ2v) is 11.3. The Kier molecular flexibility index (Phi) is 5.59. The summed E-state index contributed by atoms with van der Waals surface area (Å²) in [7, 11) is -4.16. The smallest absolute Gasteiger partial charge is 0.283 e. The number of sulfonamides is 1. The number of pyridine rings is 1. The molecule has 0 spiro atoms. The summed E-state index contributed by atoms with van der Waals surface area (Å²) in [6.45, 7) is 6.64. The van der Waals surface area contributed by atoms with Gasteiger partial charge in [0, 0.05) is 43.8 Å². The van der Waals surface area contributed by atoms with Crippen molar-refractivity contribution in [3.8, 4) is 0 Å². The first-order valence-corrected chi connectivity index (χ1v) is 13.1. The van der Waals surface area contributed by atoms with Crippen molar-refractivity contribution in [3.05, 3.63) is 30.0 Å². The Morgan fingerprint density at radius 1 is 1.12 bits per heavy atom. The third-order valence-corrected chi connectivity index (χ3v) is 7.93. The summed E-state index contributed by atoms with van der Waals surface area (Å²) in [6.07, 6.45) is 4.42. The van der Waals surface area contributed by atoms with E-state index in [0.717, 1.165) is 25.8 Å². The molecule has 3 aliphatic rings. The largest absolute Gasteiger partial charge is 0.349 e. The molecule has 0 radical (unpaired) electrons. The molecule has 5 heterocycles. The van der Waals surface area contributed by atoms with E-state index >= 15 is 0 Å². The van der Waals surface area contributed by atoms with Crippen LogP contribution in [0.25, 0.3) is 0 Å². The molecule has 2 aromatic rings. The minimum Gasteiger partial charge on any atom is -0.349 e. The van der Waals surface area contributed by atoms with Gasteiger partial charge in [-0.2, -0.15) is 13.5 Å². The molecule has 0 saturated carbocycles. The van der Waals surface area contributed by atoms with Gasteiger partial charge < -0.3 is 10.2 Å². The number of rotatable bonds is 1. The lowest BCUT2D eigenvalue weighted by molar-refractivity contribution is -0.117. The van der Waals surface area contributed by atoms with Crippen molar-refractivity contribution in [2.24, 2.45) is 0 Å². The maximum absolute atomic E-state index is 13.3. The quantitative estimate of drug-likeness (QED) is 0.606. The lowest BCUT2D eigenvalue weighted by Crippen LogP contribution is -2.41. The van der Waals surface area contributed by atoms with Gasteiger partial charge in [0.1, 0.15) is 11.6 Å². The number of hydrogen-bond acceptors (Lipinski definition) is 8. The number of fused-ring (bicyclic) bond motifs is 6.